The van der Waals surface area contributed by atoms with Gasteiger partial charge in [0, 0.05) is 0 Å². The second-order valence-electron chi connectivity index (χ2n) is 5.16. The number of amides is 1. The number of carboxylic acids is 1. The molecular weight excluding hydrogens is 264 g/mol. The molecule has 1 saturated carbocycles. The number of rotatable bonds is 4. The van der Waals surface area contributed by atoms with Gasteiger partial charge in [-0.2, -0.15) is 0 Å². The lowest BCUT2D eigenvalue weighted by molar-refractivity contribution is -0.138. The third-order valence-corrected chi connectivity index (χ3v) is 4.61. The van der Waals surface area contributed by atoms with Gasteiger partial charge in [-0.1, -0.05) is 12.8 Å². The summed E-state index contributed by atoms with van der Waals surface area (Å²) in [6, 6.07) is 0. The number of carboxylic acid groups (broad SMARTS) is 1. The molecule has 2 N–H and O–H groups in total. The lowest BCUT2D eigenvalue weighted by Gasteiger charge is -2.28. The van der Waals surface area contributed by atoms with Gasteiger partial charge in [0.05, 0.1) is 22.7 Å². The molecule has 0 saturated heterocycles. The van der Waals surface area contributed by atoms with E-state index in [9.17, 15) is 9.59 Å². The number of thiazole rings is 1. The van der Waals surface area contributed by atoms with Crippen LogP contribution >= 0.6 is 11.3 Å². The Labute approximate surface area is 116 Å². The van der Waals surface area contributed by atoms with Gasteiger partial charge in [0.25, 0.3) is 5.91 Å². The zero-order valence-electron chi connectivity index (χ0n) is 11.2. The molecule has 0 aromatic carbocycles. The molecule has 0 atom stereocenters. The molecule has 1 aromatic heterocycles. The molecule has 6 heteroatoms. The summed E-state index contributed by atoms with van der Waals surface area (Å²) in [4.78, 5) is 28.1. The van der Waals surface area contributed by atoms with E-state index >= 15 is 0 Å². The van der Waals surface area contributed by atoms with Crippen molar-refractivity contribution in [1.82, 2.24) is 10.3 Å². The highest BCUT2D eigenvalue weighted by Gasteiger charge is 2.38. The van der Waals surface area contributed by atoms with Gasteiger partial charge in [0.2, 0.25) is 0 Å². The van der Waals surface area contributed by atoms with E-state index in [0.29, 0.717) is 10.6 Å². The Hall–Kier alpha value is -1.43. The Bertz CT molecular complexity index is 504. The minimum atomic E-state index is -0.862. The van der Waals surface area contributed by atoms with Crippen LogP contribution in [-0.2, 0) is 4.79 Å². The van der Waals surface area contributed by atoms with Gasteiger partial charge in [-0.15, -0.1) is 11.3 Å². The Balaban J connectivity index is 2.15. The number of carbonyl (C=O) groups excluding carboxylic acids is 1. The molecule has 2 rings (SSSR count). The average Bonchev–Trinajstić information content (AvgIpc) is 2.85. The number of nitrogens with zero attached hydrogens (tertiary/aromatic N) is 1. The number of aromatic nitrogens is 1. The van der Waals surface area contributed by atoms with Gasteiger partial charge in [0.15, 0.2) is 0 Å². The van der Waals surface area contributed by atoms with Crippen LogP contribution in [0.25, 0.3) is 0 Å². The predicted octanol–water partition coefficient (Wildman–Crippen LogP) is 2.28. The van der Waals surface area contributed by atoms with Crippen LogP contribution in [0.4, 0.5) is 0 Å². The summed E-state index contributed by atoms with van der Waals surface area (Å²) < 4.78 is 0. The first-order valence-corrected chi connectivity index (χ1v) is 7.22. The maximum Gasteiger partial charge on any atom is 0.305 e. The van der Waals surface area contributed by atoms with E-state index in [1.807, 2.05) is 6.92 Å². The van der Waals surface area contributed by atoms with Crippen LogP contribution in [0.5, 0.6) is 0 Å². The van der Waals surface area contributed by atoms with Gasteiger partial charge >= 0.3 is 5.97 Å². The average molecular weight is 282 g/mol. The van der Waals surface area contributed by atoms with Crippen molar-refractivity contribution in [2.45, 2.75) is 51.5 Å². The molecule has 0 spiro atoms. The van der Waals surface area contributed by atoms with Crippen molar-refractivity contribution < 1.29 is 14.7 Å². The fourth-order valence-corrected chi connectivity index (χ4v) is 3.54. The summed E-state index contributed by atoms with van der Waals surface area (Å²) in [5.41, 5.74) is 0.135. The van der Waals surface area contributed by atoms with Crippen molar-refractivity contribution in [1.29, 1.82) is 0 Å². The number of hydrogen-bond donors (Lipinski definition) is 2. The number of aryl methyl sites for hydroxylation is 2. The van der Waals surface area contributed by atoms with Crippen LogP contribution in [0.2, 0.25) is 0 Å². The van der Waals surface area contributed by atoms with Gasteiger partial charge < -0.3 is 10.4 Å². The fourth-order valence-electron chi connectivity index (χ4n) is 2.73. The molecule has 1 aliphatic carbocycles. The van der Waals surface area contributed by atoms with Crippen LogP contribution in [0.1, 0.15) is 52.5 Å². The molecule has 19 heavy (non-hydrogen) atoms. The van der Waals surface area contributed by atoms with Crippen molar-refractivity contribution in [2.24, 2.45) is 0 Å². The molecule has 104 valence electrons. The topological polar surface area (TPSA) is 79.3 Å². The maximum absolute atomic E-state index is 12.3. The van der Waals surface area contributed by atoms with Crippen molar-refractivity contribution in [3.05, 3.63) is 15.6 Å². The van der Waals surface area contributed by atoms with Crippen molar-refractivity contribution in [3.8, 4) is 0 Å². The highest BCUT2D eigenvalue weighted by atomic mass is 32.1. The molecule has 0 aliphatic heterocycles. The van der Waals surface area contributed by atoms with E-state index in [1.54, 1.807) is 6.92 Å². The van der Waals surface area contributed by atoms with Crippen molar-refractivity contribution in [2.75, 3.05) is 0 Å². The number of hydrogen-bond acceptors (Lipinski definition) is 4. The molecule has 1 aliphatic rings. The molecule has 5 nitrogen and oxygen atoms in total. The van der Waals surface area contributed by atoms with Gasteiger partial charge in [-0.05, 0) is 26.7 Å². The van der Waals surface area contributed by atoms with Crippen LogP contribution in [0.15, 0.2) is 0 Å². The predicted molar refractivity (Wildman–Crippen MR) is 72.5 cm³/mol. The summed E-state index contributed by atoms with van der Waals surface area (Å²) in [7, 11) is 0. The van der Waals surface area contributed by atoms with E-state index in [0.717, 1.165) is 30.7 Å². The van der Waals surface area contributed by atoms with Gasteiger partial charge in [-0.3, -0.25) is 9.59 Å². The van der Waals surface area contributed by atoms with E-state index < -0.39 is 11.5 Å². The maximum atomic E-state index is 12.3. The summed E-state index contributed by atoms with van der Waals surface area (Å²) in [6.07, 6.45) is 3.40. The minimum Gasteiger partial charge on any atom is -0.481 e. The van der Waals surface area contributed by atoms with Crippen LogP contribution in [0.3, 0.4) is 0 Å². The van der Waals surface area contributed by atoms with Crippen molar-refractivity contribution >= 4 is 23.2 Å². The molecular formula is C13H18N2O3S. The largest absolute Gasteiger partial charge is 0.481 e. The highest BCUT2D eigenvalue weighted by Crippen LogP contribution is 2.33. The van der Waals surface area contributed by atoms with E-state index in [-0.39, 0.29) is 12.3 Å². The summed E-state index contributed by atoms with van der Waals surface area (Å²) >= 11 is 1.35. The monoisotopic (exact) mass is 282 g/mol. The SMILES string of the molecule is Cc1nc(C)c(C(=O)NC2(CC(=O)O)CCCC2)s1. The standard InChI is InChI=1S/C13H18N2O3S/c1-8-11(19-9(2)14-8)12(18)15-13(7-10(16)17)5-3-4-6-13/h3-7H2,1-2H3,(H,15,18)(H,16,17). The molecule has 1 heterocycles. The Morgan fingerprint density at radius 3 is 2.47 bits per heavy atom. The molecule has 1 amide bonds. The molecule has 1 aromatic rings. The third kappa shape index (κ3) is 3.12. The summed E-state index contributed by atoms with van der Waals surface area (Å²) in [5, 5.41) is 12.8. The number of nitrogens with one attached hydrogen (secondary N) is 1. The smallest absolute Gasteiger partial charge is 0.305 e. The Kier molecular flexibility index (Phi) is 3.89. The Morgan fingerprint density at radius 1 is 1.37 bits per heavy atom. The van der Waals surface area contributed by atoms with Gasteiger partial charge in [0.1, 0.15) is 4.88 Å². The molecule has 0 bridgehead atoms. The van der Waals surface area contributed by atoms with Crippen LogP contribution in [-0.4, -0.2) is 27.5 Å². The third-order valence-electron chi connectivity index (χ3n) is 3.54. The van der Waals surface area contributed by atoms with E-state index in [1.165, 1.54) is 11.3 Å². The first kappa shape index (κ1) is 14.0. The van der Waals surface area contributed by atoms with Crippen LogP contribution < -0.4 is 5.32 Å². The normalized spacial score (nSPS) is 17.4. The van der Waals surface area contributed by atoms with Gasteiger partial charge in [-0.25, -0.2) is 4.98 Å². The quantitative estimate of drug-likeness (QED) is 0.888. The van der Waals surface area contributed by atoms with Crippen LogP contribution in [0, 0.1) is 13.8 Å². The lowest BCUT2D eigenvalue weighted by atomic mass is 9.93. The lowest BCUT2D eigenvalue weighted by Crippen LogP contribution is -2.47. The first-order chi connectivity index (χ1) is 8.92. The van der Waals surface area contributed by atoms with E-state index in [4.69, 9.17) is 5.11 Å². The second kappa shape index (κ2) is 5.28. The zero-order valence-corrected chi connectivity index (χ0v) is 12.0. The highest BCUT2D eigenvalue weighted by molar-refractivity contribution is 7.13. The Morgan fingerprint density at radius 2 is 2.00 bits per heavy atom. The summed E-state index contributed by atoms with van der Waals surface area (Å²) in [6.45, 7) is 3.66. The summed E-state index contributed by atoms with van der Waals surface area (Å²) in [5.74, 6) is -1.05. The van der Waals surface area contributed by atoms with E-state index in [2.05, 4.69) is 10.3 Å². The minimum absolute atomic E-state index is 0.00439. The molecule has 0 radical (unpaired) electrons. The number of carbonyl (C=O) groups is 2. The molecule has 0 unspecified atom stereocenters. The zero-order chi connectivity index (χ0) is 14.0. The first-order valence-electron chi connectivity index (χ1n) is 6.40. The van der Waals surface area contributed by atoms with Crippen molar-refractivity contribution in [3.63, 3.8) is 0 Å². The number of aliphatic carboxylic acids is 1. The second-order valence-corrected chi connectivity index (χ2v) is 6.36. The fraction of sp³-hybridized carbons (Fsp3) is 0.615. The molecule has 1 fully saturated rings.